The van der Waals surface area contributed by atoms with E-state index in [2.05, 4.69) is 10.5 Å². The van der Waals surface area contributed by atoms with Crippen molar-refractivity contribution in [3.63, 3.8) is 0 Å². The number of amides is 1. The Hall–Kier alpha value is -1.95. The van der Waals surface area contributed by atoms with Crippen molar-refractivity contribution in [3.05, 3.63) is 56.5 Å². The molecule has 0 atom stereocenters. The van der Waals surface area contributed by atoms with Crippen LogP contribution in [-0.4, -0.2) is 25.8 Å². The third kappa shape index (κ3) is 5.27. The maximum atomic E-state index is 12.1. The van der Waals surface area contributed by atoms with E-state index in [0.29, 0.717) is 33.7 Å². The Balaban J connectivity index is 2.13. The van der Waals surface area contributed by atoms with Crippen molar-refractivity contribution in [2.45, 2.75) is 13.3 Å². The van der Waals surface area contributed by atoms with Crippen molar-refractivity contribution >= 4 is 46.9 Å². The highest BCUT2D eigenvalue weighted by atomic mass is 35.5. The average Bonchev–Trinajstić information content (AvgIpc) is 2.62. The molecule has 0 saturated heterocycles. The highest BCUT2D eigenvalue weighted by molar-refractivity contribution is 6.35. The molecule has 0 aliphatic carbocycles. The monoisotopic (exact) mass is 414 g/mol. The Morgan fingerprint density at radius 1 is 1.19 bits per heavy atom. The van der Waals surface area contributed by atoms with Crippen LogP contribution in [0.2, 0.25) is 15.1 Å². The smallest absolute Gasteiger partial charge is 0.272 e. The number of ether oxygens (including phenoxy) is 2. The van der Waals surface area contributed by atoms with E-state index >= 15 is 0 Å². The van der Waals surface area contributed by atoms with Crippen LogP contribution in [0.1, 0.15) is 29.3 Å². The summed E-state index contributed by atoms with van der Waals surface area (Å²) >= 11 is 18.1. The molecule has 1 amide bonds. The molecule has 0 aliphatic heterocycles. The highest BCUT2D eigenvalue weighted by Crippen LogP contribution is 2.36. The van der Waals surface area contributed by atoms with E-state index in [1.54, 1.807) is 24.3 Å². The molecule has 0 aromatic heterocycles. The Bertz CT molecular complexity index is 826. The van der Waals surface area contributed by atoms with Crippen LogP contribution in [0.3, 0.4) is 0 Å². The van der Waals surface area contributed by atoms with E-state index < -0.39 is 5.91 Å². The summed E-state index contributed by atoms with van der Waals surface area (Å²) < 4.78 is 10.9. The van der Waals surface area contributed by atoms with Crippen LogP contribution < -0.4 is 14.9 Å². The van der Waals surface area contributed by atoms with Gasteiger partial charge in [-0.1, -0.05) is 41.7 Å². The number of hydrogen-bond donors (Lipinski definition) is 1. The fourth-order valence-electron chi connectivity index (χ4n) is 2.06. The Labute approximate surface area is 166 Å². The van der Waals surface area contributed by atoms with Crippen LogP contribution in [0, 0.1) is 0 Å². The summed E-state index contributed by atoms with van der Waals surface area (Å²) in [4.78, 5) is 12.1. The zero-order valence-corrected chi connectivity index (χ0v) is 16.5. The number of nitrogens with zero attached hydrogens (tertiary/aromatic N) is 1. The van der Waals surface area contributed by atoms with Gasteiger partial charge in [-0.3, -0.25) is 4.79 Å². The number of nitrogens with one attached hydrogen (secondary N) is 1. The molecule has 2 aromatic carbocycles. The Morgan fingerprint density at radius 2 is 1.96 bits per heavy atom. The van der Waals surface area contributed by atoms with E-state index in [0.717, 1.165) is 6.42 Å². The number of carbonyl (C=O) groups excluding carboxylic acids is 1. The van der Waals surface area contributed by atoms with Gasteiger partial charge in [0.25, 0.3) is 5.91 Å². The lowest BCUT2D eigenvalue weighted by atomic mass is 10.2. The largest absolute Gasteiger partial charge is 0.493 e. The average molecular weight is 416 g/mol. The molecule has 0 aliphatic rings. The fourth-order valence-corrected chi connectivity index (χ4v) is 2.70. The molecule has 0 saturated carbocycles. The van der Waals surface area contributed by atoms with Crippen LogP contribution in [0.5, 0.6) is 11.5 Å². The third-order valence-corrected chi connectivity index (χ3v) is 4.10. The fraction of sp³-hybridized carbons (Fsp3) is 0.222. The molecule has 5 nitrogen and oxygen atoms in total. The second-order valence-electron chi connectivity index (χ2n) is 5.21. The maximum absolute atomic E-state index is 12.1. The van der Waals surface area contributed by atoms with Gasteiger partial charge >= 0.3 is 0 Å². The van der Waals surface area contributed by atoms with Gasteiger partial charge in [-0.25, -0.2) is 5.43 Å². The first-order valence-corrected chi connectivity index (χ1v) is 8.88. The van der Waals surface area contributed by atoms with Crippen molar-refractivity contribution in [3.8, 4) is 11.5 Å². The van der Waals surface area contributed by atoms with Crippen molar-refractivity contribution in [1.82, 2.24) is 5.43 Å². The molecule has 2 aromatic rings. The van der Waals surface area contributed by atoms with Crippen molar-refractivity contribution in [2.75, 3.05) is 13.7 Å². The predicted octanol–water partition coefficient (Wildman–Crippen LogP) is 5.21. The summed E-state index contributed by atoms with van der Waals surface area (Å²) in [7, 11) is 1.52. The van der Waals surface area contributed by atoms with Crippen LogP contribution in [0.15, 0.2) is 35.4 Å². The minimum Gasteiger partial charge on any atom is -0.493 e. The highest BCUT2D eigenvalue weighted by Gasteiger charge is 2.12. The summed E-state index contributed by atoms with van der Waals surface area (Å²) in [5, 5.41) is 4.99. The molecule has 2 rings (SSSR count). The molecular formula is C18H17Cl3N2O3. The van der Waals surface area contributed by atoms with Crippen molar-refractivity contribution in [1.29, 1.82) is 0 Å². The number of hydrazone groups is 1. The second-order valence-corrected chi connectivity index (χ2v) is 6.46. The molecule has 1 N–H and O–H groups in total. The summed E-state index contributed by atoms with van der Waals surface area (Å²) in [6, 6.07) is 7.98. The third-order valence-electron chi connectivity index (χ3n) is 3.26. The van der Waals surface area contributed by atoms with E-state index in [1.807, 2.05) is 6.92 Å². The van der Waals surface area contributed by atoms with Gasteiger partial charge in [0.15, 0.2) is 11.5 Å². The van der Waals surface area contributed by atoms with Crippen LogP contribution in [-0.2, 0) is 0 Å². The lowest BCUT2D eigenvalue weighted by molar-refractivity contribution is 0.0955. The Morgan fingerprint density at radius 3 is 2.65 bits per heavy atom. The molecular weight excluding hydrogens is 399 g/mol. The summed E-state index contributed by atoms with van der Waals surface area (Å²) in [5.41, 5.74) is 3.26. The maximum Gasteiger partial charge on any atom is 0.272 e. The quantitative estimate of drug-likeness (QED) is 0.499. The number of halogens is 3. The molecule has 0 fully saturated rings. The van der Waals surface area contributed by atoms with Gasteiger partial charge < -0.3 is 9.47 Å². The normalized spacial score (nSPS) is 10.8. The minimum atomic E-state index is -0.477. The van der Waals surface area contributed by atoms with Gasteiger partial charge in [0.1, 0.15) is 0 Å². The van der Waals surface area contributed by atoms with Gasteiger partial charge in [-0.2, -0.15) is 5.10 Å². The summed E-state index contributed by atoms with van der Waals surface area (Å²) in [6.45, 7) is 2.52. The summed E-state index contributed by atoms with van der Waals surface area (Å²) in [6.07, 6.45) is 2.29. The molecule has 8 heteroatoms. The van der Waals surface area contributed by atoms with Gasteiger partial charge in [0.2, 0.25) is 0 Å². The number of methoxy groups -OCH3 is 1. The molecule has 0 heterocycles. The van der Waals surface area contributed by atoms with E-state index in [1.165, 1.54) is 19.4 Å². The molecule has 0 radical (unpaired) electrons. The van der Waals surface area contributed by atoms with Gasteiger partial charge in [-0.15, -0.1) is 0 Å². The molecule has 0 spiro atoms. The van der Waals surface area contributed by atoms with Gasteiger partial charge in [-0.05, 0) is 42.3 Å². The number of carbonyl (C=O) groups is 1. The summed E-state index contributed by atoms with van der Waals surface area (Å²) in [5.74, 6) is 0.481. The first kappa shape index (κ1) is 20.4. The molecule has 138 valence electrons. The second kappa shape index (κ2) is 9.67. The zero-order valence-electron chi connectivity index (χ0n) is 14.2. The minimum absolute atomic E-state index is 0.232. The van der Waals surface area contributed by atoms with Crippen LogP contribution >= 0.6 is 34.8 Å². The van der Waals surface area contributed by atoms with Crippen LogP contribution in [0.25, 0.3) is 0 Å². The standard InChI is InChI=1S/C18H17Cl3N2O3/c1-3-6-26-17-15(21)7-11(8-16(17)25-2)10-22-23-18(24)13-9-12(19)4-5-14(13)20/h4-5,7-10H,3,6H2,1-2H3,(H,23,24)/b22-10-. The number of rotatable bonds is 7. The van der Waals surface area contributed by atoms with E-state index in [-0.39, 0.29) is 10.6 Å². The van der Waals surface area contributed by atoms with Gasteiger partial charge in [0, 0.05) is 5.02 Å². The zero-order chi connectivity index (χ0) is 19.1. The van der Waals surface area contributed by atoms with E-state index in [9.17, 15) is 4.79 Å². The molecule has 26 heavy (non-hydrogen) atoms. The van der Waals surface area contributed by atoms with Crippen LogP contribution in [0.4, 0.5) is 0 Å². The number of hydrogen-bond acceptors (Lipinski definition) is 4. The molecule has 0 bridgehead atoms. The van der Waals surface area contributed by atoms with Crippen molar-refractivity contribution in [2.24, 2.45) is 5.10 Å². The molecule has 0 unspecified atom stereocenters. The van der Waals surface area contributed by atoms with Gasteiger partial charge in [0.05, 0.1) is 35.5 Å². The lowest BCUT2D eigenvalue weighted by Crippen LogP contribution is -2.18. The topological polar surface area (TPSA) is 59.9 Å². The SMILES string of the molecule is CCCOc1c(Cl)cc(/C=N\NC(=O)c2cc(Cl)ccc2Cl)cc1OC. The first-order valence-electron chi connectivity index (χ1n) is 7.75. The Kier molecular flexibility index (Phi) is 7.57. The number of benzene rings is 2. The lowest BCUT2D eigenvalue weighted by Gasteiger charge is -2.12. The van der Waals surface area contributed by atoms with E-state index in [4.69, 9.17) is 44.3 Å². The first-order chi connectivity index (χ1) is 12.5. The van der Waals surface area contributed by atoms with Crippen molar-refractivity contribution < 1.29 is 14.3 Å². The predicted molar refractivity (Wildman–Crippen MR) is 105 cm³/mol.